The quantitative estimate of drug-likeness (QED) is 0.859. The Morgan fingerprint density at radius 3 is 2.68 bits per heavy atom. The zero-order valence-corrected chi connectivity index (χ0v) is 14.1. The molecule has 0 atom stereocenters. The average molecular weight is 340 g/mol. The lowest BCUT2D eigenvalue weighted by atomic mass is 10.0. The van der Waals surface area contributed by atoms with Gasteiger partial charge in [0.1, 0.15) is 5.82 Å². The molecule has 7 heteroatoms. The van der Waals surface area contributed by atoms with Gasteiger partial charge >= 0.3 is 0 Å². The van der Waals surface area contributed by atoms with Crippen molar-refractivity contribution in [3.63, 3.8) is 0 Å². The standard InChI is InChI=1S/C15H18ClN3O2S/c1-11-14(16)4-3-5-15(11)22(20,21)19-9-13(10-19)8-18-7-6-17-12(18)2/h3-7,13H,8-10H2,1-2H3. The highest BCUT2D eigenvalue weighted by Gasteiger charge is 2.37. The molecule has 0 N–H and O–H groups in total. The minimum atomic E-state index is -3.45. The number of aryl methyl sites for hydroxylation is 1. The number of rotatable bonds is 4. The van der Waals surface area contributed by atoms with E-state index in [0.29, 0.717) is 34.5 Å². The molecular formula is C15H18ClN3O2S. The summed E-state index contributed by atoms with van der Waals surface area (Å²) in [5, 5.41) is 0.479. The summed E-state index contributed by atoms with van der Waals surface area (Å²) in [4.78, 5) is 4.48. The highest BCUT2D eigenvalue weighted by atomic mass is 35.5. The number of hydrogen-bond donors (Lipinski definition) is 0. The number of imidazole rings is 1. The number of benzene rings is 1. The number of hydrogen-bond acceptors (Lipinski definition) is 3. The van der Waals surface area contributed by atoms with Crippen molar-refractivity contribution < 1.29 is 8.42 Å². The van der Waals surface area contributed by atoms with Crippen LogP contribution < -0.4 is 0 Å². The first-order valence-electron chi connectivity index (χ1n) is 7.12. The van der Waals surface area contributed by atoms with Crippen molar-refractivity contribution in [3.05, 3.63) is 47.0 Å². The van der Waals surface area contributed by atoms with E-state index in [9.17, 15) is 8.42 Å². The molecule has 1 aromatic heterocycles. The van der Waals surface area contributed by atoms with Crippen LogP contribution in [-0.2, 0) is 16.6 Å². The first-order valence-corrected chi connectivity index (χ1v) is 8.94. The molecule has 1 aliphatic rings. The number of aromatic nitrogens is 2. The van der Waals surface area contributed by atoms with E-state index < -0.39 is 10.0 Å². The van der Waals surface area contributed by atoms with Gasteiger partial charge in [-0.05, 0) is 31.5 Å². The van der Waals surface area contributed by atoms with Crippen LogP contribution in [0.3, 0.4) is 0 Å². The Kier molecular flexibility index (Phi) is 4.01. The Bertz CT molecular complexity index is 795. The fourth-order valence-electron chi connectivity index (χ4n) is 2.72. The third-order valence-electron chi connectivity index (χ3n) is 4.14. The Morgan fingerprint density at radius 1 is 1.32 bits per heavy atom. The van der Waals surface area contributed by atoms with Gasteiger partial charge in [-0.25, -0.2) is 13.4 Å². The first-order chi connectivity index (χ1) is 10.4. The van der Waals surface area contributed by atoms with E-state index in [1.807, 2.05) is 13.1 Å². The molecule has 1 saturated heterocycles. The second kappa shape index (κ2) is 5.68. The molecule has 0 radical (unpaired) electrons. The molecular weight excluding hydrogens is 322 g/mol. The van der Waals surface area contributed by atoms with Crippen LogP contribution in [0.2, 0.25) is 5.02 Å². The summed E-state index contributed by atoms with van der Waals surface area (Å²) >= 11 is 6.03. The van der Waals surface area contributed by atoms with Crippen LogP contribution >= 0.6 is 11.6 Å². The zero-order valence-electron chi connectivity index (χ0n) is 12.5. The zero-order chi connectivity index (χ0) is 15.9. The van der Waals surface area contributed by atoms with Gasteiger partial charge in [0, 0.05) is 43.0 Å². The van der Waals surface area contributed by atoms with Crippen LogP contribution in [0.4, 0.5) is 0 Å². The van der Waals surface area contributed by atoms with E-state index in [1.54, 1.807) is 31.3 Å². The van der Waals surface area contributed by atoms with E-state index in [-0.39, 0.29) is 0 Å². The lowest BCUT2D eigenvalue weighted by molar-refractivity contribution is 0.179. The molecule has 2 heterocycles. The minimum absolute atomic E-state index is 0.303. The number of sulfonamides is 1. The highest BCUT2D eigenvalue weighted by molar-refractivity contribution is 7.89. The summed E-state index contributed by atoms with van der Waals surface area (Å²) in [5.41, 5.74) is 0.609. The van der Waals surface area contributed by atoms with Gasteiger partial charge in [-0.15, -0.1) is 0 Å². The molecule has 0 spiro atoms. The lowest BCUT2D eigenvalue weighted by Crippen LogP contribution is -2.51. The van der Waals surface area contributed by atoms with Crippen LogP contribution in [0.5, 0.6) is 0 Å². The molecule has 118 valence electrons. The van der Waals surface area contributed by atoms with Gasteiger partial charge in [-0.1, -0.05) is 17.7 Å². The topological polar surface area (TPSA) is 55.2 Å². The maximum Gasteiger partial charge on any atom is 0.243 e. The van der Waals surface area contributed by atoms with E-state index in [1.165, 1.54) is 4.31 Å². The molecule has 22 heavy (non-hydrogen) atoms. The Morgan fingerprint density at radius 2 is 2.05 bits per heavy atom. The molecule has 5 nitrogen and oxygen atoms in total. The smallest absolute Gasteiger partial charge is 0.243 e. The molecule has 0 unspecified atom stereocenters. The van der Waals surface area contributed by atoms with Crippen LogP contribution in [0.15, 0.2) is 35.5 Å². The SMILES string of the molecule is Cc1c(Cl)cccc1S(=O)(=O)N1CC(Cn2ccnc2C)C1. The summed E-state index contributed by atoms with van der Waals surface area (Å²) in [7, 11) is -3.45. The largest absolute Gasteiger partial charge is 0.335 e. The molecule has 0 aliphatic carbocycles. The molecule has 0 bridgehead atoms. The Balaban J connectivity index is 1.71. The van der Waals surface area contributed by atoms with Crippen molar-refractivity contribution in [1.29, 1.82) is 0 Å². The van der Waals surface area contributed by atoms with E-state index in [2.05, 4.69) is 9.55 Å². The molecule has 1 aliphatic heterocycles. The van der Waals surface area contributed by atoms with Crippen LogP contribution in [0, 0.1) is 19.8 Å². The van der Waals surface area contributed by atoms with Gasteiger partial charge in [0.2, 0.25) is 10.0 Å². The second-order valence-corrected chi connectivity index (χ2v) is 7.99. The van der Waals surface area contributed by atoms with Crippen molar-refractivity contribution >= 4 is 21.6 Å². The third-order valence-corrected chi connectivity index (χ3v) is 6.52. The number of nitrogens with zero attached hydrogens (tertiary/aromatic N) is 3. The summed E-state index contributed by atoms with van der Waals surface area (Å²) in [6.07, 6.45) is 3.69. The summed E-state index contributed by atoms with van der Waals surface area (Å²) in [5.74, 6) is 1.27. The van der Waals surface area contributed by atoms with E-state index in [4.69, 9.17) is 11.6 Å². The van der Waals surface area contributed by atoms with Crippen molar-refractivity contribution in [2.75, 3.05) is 13.1 Å². The second-order valence-electron chi connectivity index (χ2n) is 5.68. The average Bonchev–Trinajstić information content (AvgIpc) is 2.81. The van der Waals surface area contributed by atoms with Gasteiger partial charge in [0.05, 0.1) is 4.90 Å². The molecule has 2 aromatic rings. The van der Waals surface area contributed by atoms with Crippen molar-refractivity contribution in [3.8, 4) is 0 Å². The third kappa shape index (κ3) is 2.66. The Hall–Kier alpha value is -1.37. The fourth-order valence-corrected chi connectivity index (χ4v) is 4.79. The molecule has 0 saturated carbocycles. The number of halogens is 1. The minimum Gasteiger partial charge on any atom is -0.335 e. The predicted octanol–water partition coefficient (Wildman–Crippen LogP) is 2.47. The van der Waals surface area contributed by atoms with Crippen LogP contribution in [0.1, 0.15) is 11.4 Å². The summed E-state index contributed by atoms with van der Waals surface area (Å²) in [6.45, 7) is 5.55. The van der Waals surface area contributed by atoms with Gasteiger partial charge in [-0.2, -0.15) is 4.31 Å². The lowest BCUT2D eigenvalue weighted by Gasteiger charge is -2.38. The van der Waals surface area contributed by atoms with Crippen molar-refractivity contribution in [2.24, 2.45) is 5.92 Å². The van der Waals surface area contributed by atoms with Crippen molar-refractivity contribution in [1.82, 2.24) is 13.9 Å². The van der Waals surface area contributed by atoms with Crippen molar-refractivity contribution in [2.45, 2.75) is 25.3 Å². The first kappa shape index (κ1) is 15.5. The highest BCUT2D eigenvalue weighted by Crippen LogP contribution is 2.30. The monoisotopic (exact) mass is 339 g/mol. The van der Waals surface area contributed by atoms with E-state index in [0.717, 1.165) is 12.4 Å². The molecule has 3 rings (SSSR count). The van der Waals surface area contributed by atoms with Gasteiger partial charge in [-0.3, -0.25) is 0 Å². The maximum atomic E-state index is 12.7. The molecule has 1 fully saturated rings. The predicted molar refractivity (Wildman–Crippen MR) is 85.4 cm³/mol. The summed E-state index contributed by atoms with van der Waals surface area (Å²) in [6, 6.07) is 4.99. The molecule has 1 aromatic carbocycles. The Labute approximate surface area is 135 Å². The summed E-state index contributed by atoms with van der Waals surface area (Å²) < 4.78 is 28.9. The fraction of sp³-hybridized carbons (Fsp3) is 0.400. The van der Waals surface area contributed by atoms with E-state index >= 15 is 0 Å². The van der Waals surface area contributed by atoms with Crippen LogP contribution in [0.25, 0.3) is 0 Å². The van der Waals surface area contributed by atoms with Gasteiger partial charge < -0.3 is 4.57 Å². The van der Waals surface area contributed by atoms with Gasteiger partial charge in [0.15, 0.2) is 0 Å². The maximum absolute atomic E-state index is 12.7. The van der Waals surface area contributed by atoms with Gasteiger partial charge in [0.25, 0.3) is 0 Å². The van der Waals surface area contributed by atoms with Crippen LogP contribution in [-0.4, -0.2) is 35.4 Å². The molecule has 0 amide bonds. The normalized spacial score (nSPS) is 16.7.